The van der Waals surface area contributed by atoms with E-state index in [0.717, 1.165) is 50.1 Å². The van der Waals surface area contributed by atoms with Gasteiger partial charge in [-0.3, -0.25) is 14.6 Å². The highest BCUT2D eigenvalue weighted by atomic mass is 16.5. The fraction of sp³-hybridized carbons (Fsp3) is 0.556. The van der Waals surface area contributed by atoms with Crippen molar-refractivity contribution in [3.05, 3.63) is 36.3 Å². The van der Waals surface area contributed by atoms with Gasteiger partial charge in [0.25, 0.3) is 0 Å². The number of nitrogens with zero attached hydrogens (tertiary/aromatic N) is 4. The van der Waals surface area contributed by atoms with Crippen molar-refractivity contribution >= 4 is 0 Å². The van der Waals surface area contributed by atoms with Gasteiger partial charge in [0, 0.05) is 69.0 Å². The van der Waals surface area contributed by atoms with Gasteiger partial charge in [0.05, 0.1) is 18.4 Å². The normalized spacial score (nSPS) is 22.0. The average molecular weight is 327 g/mol. The lowest BCUT2D eigenvalue weighted by atomic mass is 10.1. The lowest BCUT2D eigenvalue weighted by Crippen LogP contribution is -2.47. The van der Waals surface area contributed by atoms with Gasteiger partial charge < -0.3 is 10.1 Å². The molecule has 0 spiro atoms. The molecule has 1 N–H and O–H groups in total. The van der Waals surface area contributed by atoms with Crippen molar-refractivity contribution in [3.8, 4) is 11.3 Å². The van der Waals surface area contributed by atoms with E-state index >= 15 is 0 Å². The van der Waals surface area contributed by atoms with E-state index in [9.17, 15) is 0 Å². The summed E-state index contributed by atoms with van der Waals surface area (Å²) in [5, 5.41) is 8.14. The van der Waals surface area contributed by atoms with Crippen molar-refractivity contribution in [2.24, 2.45) is 7.05 Å². The fourth-order valence-electron chi connectivity index (χ4n) is 3.42. The Morgan fingerprint density at radius 2 is 2.29 bits per heavy atom. The Hall–Kier alpha value is -1.76. The van der Waals surface area contributed by atoms with Gasteiger partial charge in [0.2, 0.25) is 0 Å². The quantitative estimate of drug-likeness (QED) is 0.870. The lowest BCUT2D eigenvalue weighted by Gasteiger charge is -2.33. The second-order valence-electron chi connectivity index (χ2n) is 6.77. The second kappa shape index (κ2) is 7.01. The van der Waals surface area contributed by atoms with E-state index in [0.29, 0.717) is 0 Å². The minimum absolute atomic E-state index is 0.290. The maximum absolute atomic E-state index is 5.91. The summed E-state index contributed by atoms with van der Waals surface area (Å²) in [7, 11) is 1.96. The molecule has 3 heterocycles. The summed E-state index contributed by atoms with van der Waals surface area (Å²) in [6.07, 6.45) is 8.75. The van der Waals surface area contributed by atoms with E-state index in [1.807, 2.05) is 24.0 Å². The molecule has 0 unspecified atom stereocenters. The predicted octanol–water partition coefficient (Wildman–Crippen LogP) is 1.43. The molecule has 0 amide bonds. The molecule has 2 aliphatic rings. The molecule has 6 heteroatoms. The summed E-state index contributed by atoms with van der Waals surface area (Å²) in [5.41, 5.74) is 3.26. The van der Waals surface area contributed by atoms with Crippen LogP contribution in [-0.2, 0) is 18.3 Å². The highest BCUT2D eigenvalue weighted by Gasteiger charge is 2.32. The number of rotatable bonds is 6. The van der Waals surface area contributed by atoms with Gasteiger partial charge in [-0.05, 0) is 25.0 Å². The van der Waals surface area contributed by atoms with Crippen LogP contribution in [0.5, 0.6) is 0 Å². The zero-order valence-electron chi connectivity index (χ0n) is 14.2. The first-order chi connectivity index (χ1) is 11.8. The van der Waals surface area contributed by atoms with Crippen LogP contribution in [0.25, 0.3) is 11.3 Å². The molecule has 0 aromatic carbocycles. The summed E-state index contributed by atoms with van der Waals surface area (Å²) >= 11 is 0. The zero-order chi connectivity index (χ0) is 16.4. The summed E-state index contributed by atoms with van der Waals surface area (Å²) in [4.78, 5) is 6.78. The van der Waals surface area contributed by atoms with Crippen LogP contribution in [-0.4, -0.2) is 58.1 Å². The first kappa shape index (κ1) is 15.7. The average Bonchev–Trinajstić information content (AvgIpc) is 3.39. The van der Waals surface area contributed by atoms with Crippen molar-refractivity contribution in [1.82, 2.24) is 25.0 Å². The molecule has 1 aliphatic heterocycles. The molecule has 6 nitrogen and oxygen atoms in total. The summed E-state index contributed by atoms with van der Waals surface area (Å²) < 4.78 is 7.78. The molecule has 0 radical (unpaired) electrons. The largest absolute Gasteiger partial charge is 0.374 e. The van der Waals surface area contributed by atoms with Gasteiger partial charge in [-0.1, -0.05) is 0 Å². The predicted molar refractivity (Wildman–Crippen MR) is 92.5 cm³/mol. The third-order valence-electron chi connectivity index (χ3n) is 4.76. The Kier molecular flexibility index (Phi) is 4.60. The molecule has 0 bridgehead atoms. The number of morpholine rings is 1. The number of nitrogens with one attached hydrogen (secondary N) is 1. The topological polar surface area (TPSA) is 55.2 Å². The Balaban J connectivity index is 1.34. The zero-order valence-corrected chi connectivity index (χ0v) is 14.2. The molecule has 2 fully saturated rings. The molecule has 2 aromatic heterocycles. The number of hydrogen-bond donors (Lipinski definition) is 1. The Morgan fingerprint density at radius 3 is 3.08 bits per heavy atom. The smallest absolute Gasteiger partial charge is 0.0983 e. The molecule has 1 saturated carbocycles. The maximum atomic E-state index is 5.91. The summed E-state index contributed by atoms with van der Waals surface area (Å²) in [6, 6.07) is 4.83. The molecule has 1 saturated heterocycles. The van der Waals surface area contributed by atoms with Crippen molar-refractivity contribution < 1.29 is 4.74 Å². The number of ether oxygens (including phenoxy) is 1. The standard InChI is InChI=1S/C18H25N5O/c1-22-12-15(18(21-22)14-3-2-6-19-9-14)10-20-11-17-13-23(7-8-24-17)16-4-5-16/h2-3,6,9,12,16-17,20H,4-5,7-8,10-11,13H2,1H3/t17-/m0/s1. The molecular weight excluding hydrogens is 302 g/mol. The third-order valence-corrected chi connectivity index (χ3v) is 4.76. The van der Waals surface area contributed by atoms with Crippen LogP contribution < -0.4 is 5.32 Å². The number of hydrogen-bond acceptors (Lipinski definition) is 5. The Bertz CT molecular complexity index is 667. The summed E-state index contributed by atoms with van der Waals surface area (Å²) in [6.45, 7) is 4.68. The maximum Gasteiger partial charge on any atom is 0.0983 e. The minimum atomic E-state index is 0.290. The van der Waals surface area contributed by atoms with Gasteiger partial charge >= 0.3 is 0 Å². The highest BCUT2D eigenvalue weighted by Crippen LogP contribution is 2.28. The van der Waals surface area contributed by atoms with Crippen LogP contribution in [0.1, 0.15) is 18.4 Å². The van der Waals surface area contributed by atoms with Crippen LogP contribution in [0.4, 0.5) is 0 Å². The molecule has 1 atom stereocenters. The van der Waals surface area contributed by atoms with E-state index in [1.54, 1.807) is 6.20 Å². The van der Waals surface area contributed by atoms with Gasteiger partial charge in [-0.25, -0.2) is 0 Å². The Labute approximate surface area is 142 Å². The minimum Gasteiger partial charge on any atom is -0.374 e. The summed E-state index contributed by atoms with van der Waals surface area (Å²) in [5.74, 6) is 0. The first-order valence-electron chi connectivity index (χ1n) is 8.79. The van der Waals surface area contributed by atoms with Crippen LogP contribution in [0.15, 0.2) is 30.7 Å². The molecule has 128 valence electrons. The van der Waals surface area contributed by atoms with Crippen molar-refractivity contribution in [2.45, 2.75) is 31.5 Å². The lowest BCUT2D eigenvalue weighted by molar-refractivity contribution is -0.0301. The fourth-order valence-corrected chi connectivity index (χ4v) is 3.42. The SMILES string of the molecule is Cn1cc(CNC[C@H]2CN(C3CC3)CCO2)c(-c2cccnc2)n1. The number of aryl methyl sites for hydroxylation is 1. The van der Waals surface area contributed by atoms with Gasteiger partial charge in [0.15, 0.2) is 0 Å². The molecule has 4 rings (SSSR count). The molecule has 1 aliphatic carbocycles. The first-order valence-corrected chi connectivity index (χ1v) is 8.79. The third kappa shape index (κ3) is 3.66. The molecule has 2 aromatic rings. The van der Waals surface area contributed by atoms with E-state index in [2.05, 4.69) is 32.6 Å². The molecular formula is C18H25N5O. The van der Waals surface area contributed by atoms with Crippen molar-refractivity contribution in [3.63, 3.8) is 0 Å². The van der Waals surface area contributed by atoms with Crippen LogP contribution in [0.2, 0.25) is 0 Å². The monoisotopic (exact) mass is 327 g/mol. The van der Waals surface area contributed by atoms with E-state index in [4.69, 9.17) is 4.74 Å². The van der Waals surface area contributed by atoms with Crippen LogP contribution in [0.3, 0.4) is 0 Å². The second-order valence-corrected chi connectivity index (χ2v) is 6.77. The van der Waals surface area contributed by atoms with Crippen molar-refractivity contribution in [1.29, 1.82) is 0 Å². The van der Waals surface area contributed by atoms with Crippen molar-refractivity contribution in [2.75, 3.05) is 26.2 Å². The Morgan fingerprint density at radius 1 is 1.38 bits per heavy atom. The van der Waals surface area contributed by atoms with E-state index < -0.39 is 0 Å². The van der Waals surface area contributed by atoms with Crippen LogP contribution in [0, 0.1) is 0 Å². The van der Waals surface area contributed by atoms with E-state index in [1.165, 1.54) is 18.4 Å². The van der Waals surface area contributed by atoms with Gasteiger partial charge in [0.1, 0.15) is 0 Å². The van der Waals surface area contributed by atoms with E-state index in [-0.39, 0.29) is 6.10 Å². The highest BCUT2D eigenvalue weighted by molar-refractivity contribution is 5.61. The number of pyridine rings is 1. The van der Waals surface area contributed by atoms with Gasteiger partial charge in [-0.15, -0.1) is 0 Å². The molecule has 24 heavy (non-hydrogen) atoms. The van der Waals surface area contributed by atoms with Crippen LogP contribution >= 0.6 is 0 Å². The number of aromatic nitrogens is 3. The van der Waals surface area contributed by atoms with Gasteiger partial charge in [-0.2, -0.15) is 5.10 Å².